The number of aromatic amines is 3. The van der Waals surface area contributed by atoms with Gasteiger partial charge in [0.15, 0.2) is 0 Å². The van der Waals surface area contributed by atoms with Crippen molar-refractivity contribution in [3.63, 3.8) is 0 Å². The Morgan fingerprint density at radius 2 is 1.39 bits per heavy atom. The van der Waals surface area contributed by atoms with Gasteiger partial charge in [-0.3, -0.25) is 15.0 Å². The summed E-state index contributed by atoms with van der Waals surface area (Å²) in [6, 6.07) is 10.2. The second kappa shape index (κ2) is 11.1. The first kappa shape index (κ1) is 27.9. The first-order valence-corrected chi connectivity index (χ1v) is 13.6. The van der Waals surface area contributed by atoms with Crippen molar-refractivity contribution >= 4 is 56.2 Å². The first-order valence-electron chi connectivity index (χ1n) is 13.6. The van der Waals surface area contributed by atoms with Crippen LogP contribution in [0.15, 0.2) is 30.3 Å². The minimum Gasteiger partial charge on any atom is -0.469 e. The highest BCUT2D eigenvalue weighted by Crippen LogP contribution is 2.33. The molecule has 1 aliphatic heterocycles. The maximum absolute atomic E-state index is 12.1. The lowest BCUT2D eigenvalue weighted by Gasteiger charge is -2.04. The SMILES string of the molecule is COC(=O)CCC1=C(C)c2nc1cc1[nH]c(cc3[nH]c(cc3C)cc3[nH]c(cc3C)c2=N)c(C)c1CCC(=O)OC. The van der Waals surface area contributed by atoms with Gasteiger partial charge in [-0.2, -0.15) is 0 Å². The number of fused-ring (bicyclic) bond motifs is 8. The van der Waals surface area contributed by atoms with Crippen LogP contribution in [0.5, 0.6) is 0 Å². The number of carbonyl (C=O) groups is 2. The number of aryl methyl sites for hydroxylation is 4. The van der Waals surface area contributed by atoms with Crippen molar-refractivity contribution in [1.29, 1.82) is 5.41 Å². The van der Waals surface area contributed by atoms with Crippen LogP contribution in [0, 0.1) is 26.2 Å². The van der Waals surface area contributed by atoms with Gasteiger partial charge < -0.3 is 24.4 Å². The molecular formula is C32H35N5O4. The first-order chi connectivity index (χ1) is 19.6. The van der Waals surface area contributed by atoms with Gasteiger partial charge in [0.25, 0.3) is 0 Å². The minimum atomic E-state index is -0.307. The molecular weight excluding hydrogens is 518 g/mol. The van der Waals surface area contributed by atoms with Crippen molar-refractivity contribution in [2.75, 3.05) is 14.2 Å². The smallest absolute Gasteiger partial charge is 0.305 e. The van der Waals surface area contributed by atoms with Gasteiger partial charge in [0.05, 0.1) is 31.1 Å². The summed E-state index contributed by atoms with van der Waals surface area (Å²) < 4.78 is 9.81. The lowest BCUT2D eigenvalue weighted by molar-refractivity contribution is -0.141. The van der Waals surface area contributed by atoms with Crippen LogP contribution in [0.25, 0.3) is 44.2 Å². The number of rotatable bonds is 6. The van der Waals surface area contributed by atoms with E-state index in [1.54, 1.807) is 0 Å². The van der Waals surface area contributed by atoms with Crippen LogP contribution in [-0.4, -0.2) is 46.1 Å². The molecule has 4 aromatic rings. The molecule has 9 heteroatoms. The maximum Gasteiger partial charge on any atom is 0.305 e. The number of esters is 2. The van der Waals surface area contributed by atoms with E-state index in [4.69, 9.17) is 19.9 Å². The summed E-state index contributed by atoms with van der Waals surface area (Å²) in [5.41, 5.74) is 12.3. The topological polar surface area (TPSA) is 137 Å². The molecule has 0 fully saturated rings. The van der Waals surface area contributed by atoms with Gasteiger partial charge in [-0.25, -0.2) is 4.98 Å². The van der Waals surface area contributed by atoms with Crippen LogP contribution < -0.4 is 5.36 Å². The molecule has 0 aromatic carbocycles. The van der Waals surface area contributed by atoms with Gasteiger partial charge in [0, 0.05) is 40.4 Å². The predicted molar refractivity (Wildman–Crippen MR) is 160 cm³/mol. The standard InChI is InChI=1S/C32H35N5O4/c1-16-11-20-13-23-17(2)12-28(35-23)31(33)32-19(4)22(8-10-30(39)41-6)27(37-32)15-26-21(7-9-29(38)40-5)18(3)25(36-26)14-24(16)34-20/h11-15,33-36H,7-10H2,1-6H3. The van der Waals surface area contributed by atoms with E-state index in [0.717, 1.165) is 61.0 Å². The average molecular weight is 554 g/mol. The molecule has 5 heterocycles. The Morgan fingerprint density at radius 1 is 0.756 bits per heavy atom. The molecule has 8 bridgehead atoms. The number of methoxy groups -OCH3 is 2. The Labute approximate surface area is 237 Å². The molecule has 0 unspecified atom stereocenters. The molecule has 4 aromatic heterocycles. The van der Waals surface area contributed by atoms with Gasteiger partial charge in [-0.05, 0) is 104 Å². The molecule has 4 N–H and O–H groups in total. The Morgan fingerprint density at radius 3 is 2.10 bits per heavy atom. The van der Waals surface area contributed by atoms with E-state index < -0.39 is 0 Å². The van der Waals surface area contributed by atoms with E-state index in [1.165, 1.54) is 14.2 Å². The minimum absolute atomic E-state index is 0.198. The third-order valence-corrected chi connectivity index (χ3v) is 7.92. The van der Waals surface area contributed by atoms with Crippen LogP contribution in [0.4, 0.5) is 0 Å². The van der Waals surface area contributed by atoms with E-state index in [0.29, 0.717) is 29.7 Å². The third kappa shape index (κ3) is 5.39. The van der Waals surface area contributed by atoms with Crippen LogP contribution in [0.3, 0.4) is 0 Å². The molecule has 1 aliphatic rings. The zero-order valence-corrected chi connectivity index (χ0v) is 24.3. The van der Waals surface area contributed by atoms with E-state index in [2.05, 4.69) is 34.0 Å². The Kier molecular flexibility index (Phi) is 7.53. The van der Waals surface area contributed by atoms with Crippen LogP contribution in [0.2, 0.25) is 0 Å². The fourth-order valence-corrected chi connectivity index (χ4v) is 5.46. The number of nitrogens with one attached hydrogen (secondary N) is 4. The Hall–Kier alpha value is -4.66. The van der Waals surface area contributed by atoms with Crippen LogP contribution >= 0.6 is 0 Å². The quantitative estimate of drug-likeness (QED) is 0.220. The number of aromatic nitrogens is 4. The third-order valence-electron chi connectivity index (χ3n) is 7.92. The summed E-state index contributed by atoms with van der Waals surface area (Å²) in [5.74, 6) is -0.586. The Bertz CT molecular complexity index is 1920. The summed E-state index contributed by atoms with van der Waals surface area (Å²) in [6.45, 7) is 8.06. The summed E-state index contributed by atoms with van der Waals surface area (Å²) in [4.78, 5) is 39.6. The van der Waals surface area contributed by atoms with Crippen molar-refractivity contribution in [3.8, 4) is 0 Å². The van der Waals surface area contributed by atoms with Gasteiger partial charge >= 0.3 is 11.9 Å². The van der Waals surface area contributed by atoms with E-state index in [1.807, 2.05) is 39.0 Å². The highest BCUT2D eigenvalue weighted by atomic mass is 16.5. The van der Waals surface area contributed by atoms with E-state index >= 15 is 0 Å². The second-order valence-corrected chi connectivity index (χ2v) is 10.6. The fraction of sp³-hybridized carbons (Fsp3) is 0.312. The summed E-state index contributed by atoms with van der Waals surface area (Å²) >= 11 is 0. The summed E-state index contributed by atoms with van der Waals surface area (Å²) in [7, 11) is 2.77. The zero-order valence-electron chi connectivity index (χ0n) is 24.3. The number of allylic oxidation sites excluding steroid dienone is 2. The second-order valence-electron chi connectivity index (χ2n) is 10.6. The number of ether oxygens (including phenoxy) is 2. The van der Waals surface area contributed by atoms with Gasteiger partial charge in [0.1, 0.15) is 5.36 Å². The van der Waals surface area contributed by atoms with Gasteiger partial charge in [0.2, 0.25) is 0 Å². The largest absolute Gasteiger partial charge is 0.469 e. The van der Waals surface area contributed by atoms with Crippen molar-refractivity contribution in [2.24, 2.45) is 0 Å². The van der Waals surface area contributed by atoms with Crippen molar-refractivity contribution in [2.45, 2.75) is 53.4 Å². The number of hydrogen-bond donors (Lipinski definition) is 4. The van der Waals surface area contributed by atoms with Crippen LogP contribution in [-0.2, 0) is 25.5 Å². The zero-order chi connectivity index (χ0) is 29.4. The molecule has 9 nitrogen and oxygen atoms in total. The lowest BCUT2D eigenvalue weighted by Crippen LogP contribution is -2.06. The Balaban J connectivity index is 1.88. The van der Waals surface area contributed by atoms with Gasteiger partial charge in [-0.1, -0.05) is 0 Å². The molecule has 0 saturated heterocycles. The molecule has 0 amide bonds. The fourth-order valence-electron chi connectivity index (χ4n) is 5.46. The molecule has 0 spiro atoms. The highest BCUT2D eigenvalue weighted by molar-refractivity contribution is 5.93. The molecule has 5 rings (SSSR count). The molecule has 0 atom stereocenters. The summed E-state index contributed by atoms with van der Waals surface area (Å²) in [5, 5.41) is 9.37. The van der Waals surface area contributed by atoms with Crippen LogP contribution in [0.1, 0.15) is 59.8 Å². The van der Waals surface area contributed by atoms with Crippen molar-refractivity contribution in [1.82, 2.24) is 19.9 Å². The summed E-state index contributed by atoms with van der Waals surface area (Å²) in [6.07, 6.45) is 1.35. The molecule has 0 saturated carbocycles. The normalized spacial score (nSPS) is 12.2. The van der Waals surface area contributed by atoms with Crippen molar-refractivity contribution < 1.29 is 19.1 Å². The molecule has 41 heavy (non-hydrogen) atoms. The molecule has 0 aliphatic carbocycles. The monoisotopic (exact) mass is 553 g/mol. The van der Waals surface area contributed by atoms with E-state index in [-0.39, 0.29) is 30.1 Å². The lowest BCUT2D eigenvalue weighted by atomic mass is 10.0. The number of H-pyrrole nitrogens is 3. The van der Waals surface area contributed by atoms with Crippen molar-refractivity contribution in [3.05, 3.63) is 69.3 Å². The molecule has 212 valence electrons. The number of hydrogen-bond acceptors (Lipinski definition) is 6. The highest BCUT2D eigenvalue weighted by Gasteiger charge is 2.21. The van der Waals surface area contributed by atoms with Gasteiger partial charge in [-0.15, -0.1) is 0 Å². The van der Waals surface area contributed by atoms with E-state index in [9.17, 15) is 9.59 Å². The average Bonchev–Trinajstić information content (AvgIpc) is 3.66. The number of carbonyl (C=O) groups excluding carboxylic acids is 2. The molecule has 0 radical (unpaired) electrons. The maximum atomic E-state index is 12.1. The number of nitrogens with zero attached hydrogens (tertiary/aromatic N) is 1. The predicted octanol–water partition coefficient (Wildman–Crippen LogP) is 5.92.